The Bertz CT molecular complexity index is 573. The molecule has 0 amide bonds. The fourth-order valence-electron chi connectivity index (χ4n) is 1.38. The number of aryl methyl sites for hydroxylation is 1. The van der Waals surface area contributed by atoms with Gasteiger partial charge >= 0.3 is 0 Å². The first kappa shape index (κ1) is 12.9. The Labute approximate surface area is 119 Å². The number of carbonyl (C=O) groups is 1. The highest BCUT2D eigenvalue weighted by Gasteiger charge is 2.16. The molecule has 0 aliphatic carbocycles. The highest BCUT2D eigenvalue weighted by Crippen LogP contribution is 2.30. The van der Waals surface area contributed by atoms with Crippen LogP contribution in [0.25, 0.3) is 0 Å². The fraction of sp³-hybridized carbons (Fsp3) is 0.0833. The van der Waals surface area contributed by atoms with Gasteiger partial charge in [-0.2, -0.15) is 0 Å². The van der Waals surface area contributed by atoms with Gasteiger partial charge in [-0.15, -0.1) is 11.3 Å². The van der Waals surface area contributed by atoms with Crippen molar-refractivity contribution in [2.45, 2.75) is 6.92 Å². The molecule has 1 aromatic heterocycles. The summed E-state index contributed by atoms with van der Waals surface area (Å²) in [6, 6.07) is 5.86. The summed E-state index contributed by atoms with van der Waals surface area (Å²) < 4.78 is 14.6. The molecule has 0 aliphatic rings. The average Bonchev–Trinajstić information content (AvgIpc) is 2.62. The predicted molar refractivity (Wildman–Crippen MR) is 74.3 cm³/mol. The molecule has 0 unspecified atom stereocenters. The minimum absolute atomic E-state index is 0.171. The molecule has 0 saturated heterocycles. The minimum atomic E-state index is -0.413. The predicted octanol–water partition coefficient (Wildman–Crippen LogP) is 4.95. The number of benzene rings is 1. The average molecular weight is 378 g/mol. The number of carbonyl (C=O) groups excluding carboxylic acids is 1. The molecule has 1 nitrogen and oxygen atoms in total. The van der Waals surface area contributed by atoms with Crippen molar-refractivity contribution >= 4 is 49.0 Å². The first-order chi connectivity index (χ1) is 7.99. The van der Waals surface area contributed by atoms with E-state index >= 15 is 0 Å². The van der Waals surface area contributed by atoms with E-state index in [1.54, 1.807) is 6.07 Å². The van der Waals surface area contributed by atoms with E-state index in [2.05, 4.69) is 31.9 Å². The van der Waals surface area contributed by atoms with Crippen molar-refractivity contribution in [3.63, 3.8) is 0 Å². The van der Waals surface area contributed by atoms with Gasteiger partial charge in [0.05, 0.1) is 4.88 Å². The second-order valence-electron chi connectivity index (χ2n) is 3.47. The smallest absolute Gasteiger partial charge is 0.204 e. The van der Waals surface area contributed by atoms with Gasteiger partial charge in [0, 0.05) is 19.4 Å². The molecule has 5 heteroatoms. The number of thiophene rings is 1. The van der Waals surface area contributed by atoms with Crippen LogP contribution in [0.3, 0.4) is 0 Å². The molecule has 0 radical (unpaired) electrons. The Kier molecular flexibility index (Phi) is 3.80. The summed E-state index contributed by atoms with van der Waals surface area (Å²) in [6.07, 6.45) is 0. The van der Waals surface area contributed by atoms with Crippen molar-refractivity contribution in [2.24, 2.45) is 0 Å². The number of hydrogen-bond acceptors (Lipinski definition) is 2. The molecule has 0 spiro atoms. The lowest BCUT2D eigenvalue weighted by Crippen LogP contribution is -2.00. The molecule has 0 N–H and O–H groups in total. The summed E-state index contributed by atoms with van der Waals surface area (Å²) >= 11 is 8.01. The third-order valence-electron chi connectivity index (χ3n) is 2.25. The van der Waals surface area contributed by atoms with Crippen molar-refractivity contribution in [1.29, 1.82) is 0 Å². The minimum Gasteiger partial charge on any atom is -0.288 e. The third kappa shape index (κ3) is 2.67. The molecular formula is C12H7Br2FOS. The van der Waals surface area contributed by atoms with Crippen LogP contribution in [0.4, 0.5) is 4.39 Å². The van der Waals surface area contributed by atoms with Crippen molar-refractivity contribution in [1.82, 2.24) is 0 Å². The van der Waals surface area contributed by atoms with Crippen molar-refractivity contribution in [3.05, 3.63) is 54.3 Å². The molecule has 2 rings (SSSR count). The molecule has 88 valence electrons. The Balaban J connectivity index is 2.47. The molecule has 0 fully saturated rings. The quantitative estimate of drug-likeness (QED) is 0.676. The Morgan fingerprint density at radius 1 is 1.24 bits per heavy atom. The summed E-state index contributed by atoms with van der Waals surface area (Å²) in [6.45, 7) is 1.92. The molecule has 2 aromatic rings. The highest BCUT2D eigenvalue weighted by atomic mass is 79.9. The Morgan fingerprint density at radius 2 is 1.94 bits per heavy atom. The number of hydrogen-bond donors (Lipinski definition) is 0. The second-order valence-corrected chi connectivity index (χ2v) is 6.43. The second kappa shape index (κ2) is 5.00. The van der Waals surface area contributed by atoms with Gasteiger partial charge in [-0.3, -0.25) is 4.79 Å². The standard InChI is InChI=1S/C12H7Br2FOS/c1-6-10(14)5-11(17-6)12(16)8-4-7(15)2-3-9(8)13/h2-5H,1H3. The zero-order valence-electron chi connectivity index (χ0n) is 8.76. The van der Waals surface area contributed by atoms with E-state index in [1.807, 2.05) is 6.92 Å². The molecule has 0 bridgehead atoms. The summed E-state index contributed by atoms with van der Waals surface area (Å²) in [4.78, 5) is 13.8. The van der Waals surface area contributed by atoms with Gasteiger partial charge in [-0.1, -0.05) is 15.9 Å². The summed E-state index contributed by atoms with van der Waals surface area (Å²) in [5.74, 6) is -0.584. The van der Waals surface area contributed by atoms with Gasteiger partial charge in [0.2, 0.25) is 5.78 Å². The van der Waals surface area contributed by atoms with Crippen LogP contribution in [-0.2, 0) is 0 Å². The fourth-order valence-corrected chi connectivity index (χ4v) is 3.29. The van der Waals surface area contributed by atoms with Crippen LogP contribution >= 0.6 is 43.2 Å². The van der Waals surface area contributed by atoms with E-state index in [1.165, 1.54) is 29.5 Å². The number of halogens is 3. The van der Waals surface area contributed by atoms with Gasteiger partial charge in [0.1, 0.15) is 5.82 Å². The van der Waals surface area contributed by atoms with Crippen LogP contribution in [0.2, 0.25) is 0 Å². The number of rotatable bonds is 2. The Hall–Kier alpha value is -0.520. The van der Waals surface area contributed by atoms with Crippen LogP contribution in [0.15, 0.2) is 33.2 Å². The molecule has 17 heavy (non-hydrogen) atoms. The topological polar surface area (TPSA) is 17.1 Å². The van der Waals surface area contributed by atoms with Crippen LogP contribution in [-0.4, -0.2) is 5.78 Å². The van der Waals surface area contributed by atoms with Gasteiger partial charge in [-0.25, -0.2) is 4.39 Å². The van der Waals surface area contributed by atoms with E-state index in [0.29, 0.717) is 14.9 Å². The molecule has 1 aromatic carbocycles. The van der Waals surface area contributed by atoms with Crippen molar-refractivity contribution < 1.29 is 9.18 Å². The van der Waals surface area contributed by atoms with Crippen LogP contribution in [0.1, 0.15) is 20.1 Å². The lowest BCUT2D eigenvalue weighted by atomic mass is 10.1. The van der Waals surface area contributed by atoms with Gasteiger partial charge < -0.3 is 0 Å². The van der Waals surface area contributed by atoms with Crippen LogP contribution in [0, 0.1) is 12.7 Å². The maximum absolute atomic E-state index is 13.1. The van der Waals surface area contributed by atoms with E-state index in [0.717, 1.165) is 9.35 Å². The normalized spacial score (nSPS) is 10.6. The number of ketones is 1. The van der Waals surface area contributed by atoms with E-state index in [-0.39, 0.29) is 5.78 Å². The van der Waals surface area contributed by atoms with Gasteiger partial charge in [0.15, 0.2) is 0 Å². The molecular weight excluding hydrogens is 371 g/mol. The first-order valence-electron chi connectivity index (χ1n) is 4.74. The van der Waals surface area contributed by atoms with E-state index in [9.17, 15) is 9.18 Å². The van der Waals surface area contributed by atoms with Gasteiger partial charge in [-0.05, 0) is 47.1 Å². The van der Waals surface area contributed by atoms with Crippen LogP contribution in [0.5, 0.6) is 0 Å². The van der Waals surface area contributed by atoms with Gasteiger partial charge in [0.25, 0.3) is 0 Å². The van der Waals surface area contributed by atoms with Crippen molar-refractivity contribution in [2.75, 3.05) is 0 Å². The Morgan fingerprint density at radius 3 is 2.53 bits per heavy atom. The lowest BCUT2D eigenvalue weighted by molar-refractivity contribution is 0.104. The zero-order valence-corrected chi connectivity index (χ0v) is 12.7. The highest BCUT2D eigenvalue weighted by molar-refractivity contribution is 9.10. The first-order valence-corrected chi connectivity index (χ1v) is 7.15. The summed E-state index contributed by atoms with van der Waals surface area (Å²) in [5, 5.41) is 0. The zero-order chi connectivity index (χ0) is 12.6. The molecule has 0 aliphatic heterocycles. The largest absolute Gasteiger partial charge is 0.288 e. The van der Waals surface area contributed by atoms with Crippen molar-refractivity contribution in [3.8, 4) is 0 Å². The maximum atomic E-state index is 13.1. The van der Waals surface area contributed by atoms with E-state index < -0.39 is 5.82 Å². The summed E-state index contributed by atoms with van der Waals surface area (Å²) in [7, 11) is 0. The molecule has 0 saturated carbocycles. The molecule has 0 atom stereocenters. The van der Waals surface area contributed by atoms with E-state index in [4.69, 9.17) is 0 Å². The maximum Gasteiger partial charge on any atom is 0.204 e. The van der Waals surface area contributed by atoms with Crippen LogP contribution < -0.4 is 0 Å². The monoisotopic (exact) mass is 376 g/mol. The third-order valence-corrected chi connectivity index (χ3v) is 5.08. The molecule has 1 heterocycles. The summed E-state index contributed by atoms with van der Waals surface area (Å²) in [5.41, 5.74) is 0.346. The SMILES string of the molecule is Cc1sc(C(=O)c2cc(F)ccc2Br)cc1Br. The lowest BCUT2D eigenvalue weighted by Gasteiger charge is -2.01.